The van der Waals surface area contributed by atoms with E-state index in [1.165, 1.54) is 7.11 Å². The van der Waals surface area contributed by atoms with Gasteiger partial charge in [0.15, 0.2) is 0 Å². The van der Waals surface area contributed by atoms with Crippen LogP contribution in [0.15, 0.2) is 36.4 Å². The van der Waals surface area contributed by atoms with Crippen LogP contribution in [0.2, 0.25) is 5.15 Å². The van der Waals surface area contributed by atoms with Crippen molar-refractivity contribution in [2.75, 3.05) is 12.4 Å². The Balaban J connectivity index is 2.38. The van der Waals surface area contributed by atoms with Crippen LogP contribution in [0.1, 0.15) is 15.9 Å². The summed E-state index contributed by atoms with van der Waals surface area (Å²) in [7, 11) is 1.33. The van der Waals surface area contributed by atoms with Crippen molar-refractivity contribution in [3.05, 3.63) is 52.7 Å². The van der Waals surface area contributed by atoms with Gasteiger partial charge in [-0.25, -0.2) is 9.78 Å². The van der Waals surface area contributed by atoms with Gasteiger partial charge in [0, 0.05) is 5.69 Å². The number of carbonyl (C=O) groups excluding carboxylic acids is 1. The van der Waals surface area contributed by atoms with Crippen molar-refractivity contribution in [1.29, 1.82) is 0 Å². The van der Waals surface area contributed by atoms with Gasteiger partial charge in [-0.05, 0) is 36.8 Å². The van der Waals surface area contributed by atoms with E-state index in [1.54, 1.807) is 12.1 Å². The Morgan fingerprint density at radius 2 is 2.11 bits per heavy atom. The number of hydrogen-bond acceptors (Lipinski definition) is 4. The quantitative estimate of drug-likeness (QED) is 0.688. The minimum absolute atomic E-state index is 0.308. The topological polar surface area (TPSA) is 51.2 Å². The van der Waals surface area contributed by atoms with Crippen LogP contribution in [0.25, 0.3) is 0 Å². The van der Waals surface area contributed by atoms with E-state index >= 15 is 0 Å². The van der Waals surface area contributed by atoms with E-state index in [4.69, 9.17) is 16.3 Å². The second-order valence-electron chi connectivity index (χ2n) is 4.02. The van der Waals surface area contributed by atoms with Crippen LogP contribution in [0.4, 0.5) is 11.5 Å². The molecule has 4 nitrogen and oxygen atoms in total. The number of methoxy groups -OCH3 is 1. The number of anilines is 2. The molecule has 98 valence electrons. The van der Waals surface area contributed by atoms with Gasteiger partial charge in [-0.15, -0.1) is 0 Å². The van der Waals surface area contributed by atoms with E-state index in [0.29, 0.717) is 16.5 Å². The minimum atomic E-state index is -0.459. The maximum Gasteiger partial charge on any atom is 0.341 e. The third kappa shape index (κ3) is 3.23. The number of nitrogens with zero attached hydrogens (tertiary/aromatic N) is 1. The van der Waals surface area contributed by atoms with Gasteiger partial charge in [0.25, 0.3) is 0 Å². The van der Waals surface area contributed by atoms with E-state index in [-0.39, 0.29) is 0 Å². The normalized spacial score (nSPS) is 10.1. The molecule has 2 aromatic rings. The highest BCUT2D eigenvalue weighted by Gasteiger charge is 2.14. The Labute approximate surface area is 116 Å². The smallest absolute Gasteiger partial charge is 0.341 e. The van der Waals surface area contributed by atoms with Crippen LogP contribution in [0, 0.1) is 6.92 Å². The third-order valence-corrected chi connectivity index (χ3v) is 2.76. The number of nitrogens with one attached hydrogen (secondary N) is 1. The Bertz CT molecular complexity index is 614. The highest BCUT2D eigenvalue weighted by atomic mass is 35.5. The molecule has 0 fully saturated rings. The van der Waals surface area contributed by atoms with E-state index in [9.17, 15) is 4.79 Å². The van der Waals surface area contributed by atoms with Crippen molar-refractivity contribution in [2.45, 2.75) is 6.92 Å². The molecule has 0 amide bonds. The predicted octanol–water partition coefficient (Wildman–Crippen LogP) is 3.57. The highest BCUT2D eigenvalue weighted by Crippen LogP contribution is 2.22. The monoisotopic (exact) mass is 276 g/mol. The molecule has 0 spiro atoms. The molecule has 2 rings (SSSR count). The van der Waals surface area contributed by atoms with Gasteiger partial charge >= 0.3 is 5.97 Å². The number of aromatic nitrogens is 1. The van der Waals surface area contributed by atoms with Crippen LogP contribution in [0.3, 0.4) is 0 Å². The zero-order valence-electron chi connectivity index (χ0n) is 10.6. The molecule has 1 aromatic heterocycles. The fourth-order valence-corrected chi connectivity index (χ4v) is 1.81. The van der Waals surface area contributed by atoms with Crippen LogP contribution in [0.5, 0.6) is 0 Å². The maximum absolute atomic E-state index is 11.7. The predicted molar refractivity (Wildman–Crippen MR) is 75.0 cm³/mol. The fourth-order valence-electron chi connectivity index (χ4n) is 1.66. The van der Waals surface area contributed by atoms with Crippen LogP contribution < -0.4 is 5.32 Å². The van der Waals surface area contributed by atoms with Crippen LogP contribution >= 0.6 is 11.6 Å². The molecule has 0 aliphatic rings. The molecule has 0 unspecified atom stereocenters. The molecule has 19 heavy (non-hydrogen) atoms. The summed E-state index contributed by atoms with van der Waals surface area (Å²) in [6.45, 7) is 1.98. The summed E-state index contributed by atoms with van der Waals surface area (Å²) < 4.78 is 4.72. The average Bonchev–Trinajstić information content (AvgIpc) is 2.38. The number of esters is 1. The second-order valence-corrected chi connectivity index (χ2v) is 4.40. The lowest BCUT2D eigenvalue weighted by atomic mass is 10.2. The van der Waals surface area contributed by atoms with Crippen molar-refractivity contribution >= 4 is 29.1 Å². The first-order chi connectivity index (χ1) is 9.10. The fraction of sp³-hybridized carbons (Fsp3) is 0.143. The second kappa shape index (κ2) is 5.71. The first-order valence-corrected chi connectivity index (χ1v) is 6.06. The number of benzene rings is 1. The summed E-state index contributed by atoms with van der Waals surface area (Å²) in [5, 5.41) is 3.38. The van der Waals surface area contributed by atoms with Gasteiger partial charge in [0.05, 0.1) is 7.11 Å². The molecule has 5 heteroatoms. The molecular weight excluding hydrogens is 264 g/mol. The highest BCUT2D eigenvalue weighted by molar-refractivity contribution is 6.29. The number of aryl methyl sites for hydroxylation is 1. The molecule has 1 N–H and O–H groups in total. The number of ether oxygens (including phenoxy) is 1. The van der Waals surface area contributed by atoms with E-state index < -0.39 is 5.97 Å². The molecule has 0 atom stereocenters. The number of carbonyl (C=O) groups is 1. The lowest BCUT2D eigenvalue weighted by molar-refractivity contribution is 0.0601. The molecule has 0 aliphatic heterocycles. The Morgan fingerprint density at radius 1 is 1.32 bits per heavy atom. The van der Waals surface area contributed by atoms with E-state index in [0.717, 1.165) is 11.3 Å². The Hall–Kier alpha value is -2.07. The Morgan fingerprint density at radius 3 is 2.79 bits per heavy atom. The SMILES string of the molecule is COC(=O)c1ccc(Cl)nc1Nc1cccc(C)c1. The van der Waals surface area contributed by atoms with Gasteiger partial charge < -0.3 is 10.1 Å². The van der Waals surface area contributed by atoms with Gasteiger partial charge in [0.1, 0.15) is 16.5 Å². The zero-order valence-corrected chi connectivity index (χ0v) is 11.4. The molecule has 0 saturated carbocycles. The van der Waals surface area contributed by atoms with Crippen LogP contribution in [-0.4, -0.2) is 18.1 Å². The lowest BCUT2D eigenvalue weighted by Gasteiger charge is -2.10. The summed E-state index contributed by atoms with van der Waals surface area (Å²) in [5.74, 6) is -0.0794. The van der Waals surface area contributed by atoms with E-state index in [2.05, 4.69) is 10.3 Å². The molecule has 0 aliphatic carbocycles. The first-order valence-electron chi connectivity index (χ1n) is 5.68. The summed E-state index contributed by atoms with van der Waals surface area (Å²) in [4.78, 5) is 15.8. The van der Waals surface area contributed by atoms with E-state index in [1.807, 2.05) is 31.2 Å². The number of hydrogen-bond donors (Lipinski definition) is 1. The zero-order chi connectivity index (χ0) is 13.8. The number of pyridine rings is 1. The summed E-state index contributed by atoms with van der Waals surface area (Å²) in [5.41, 5.74) is 2.28. The molecular formula is C14H13ClN2O2. The summed E-state index contributed by atoms with van der Waals surface area (Å²) in [6.07, 6.45) is 0. The maximum atomic E-state index is 11.7. The minimum Gasteiger partial charge on any atom is -0.465 e. The largest absolute Gasteiger partial charge is 0.465 e. The van der Waals surface area contributed by atoms with Crippen molar-refractivity contribution < 1.29 is 9.53 Å². The standard InChI is InChI=1S/C14H13ClN2O2/c1-9-4-3-5-10(8-9)16-13-11(14(18)19-2)6-7-12(15)17-13/h3-8H,1-2H3,(H,16,17). The third-order valence-electron chi connectivity index (χ3n) is 2.55. The molecule has 0 bridgehead atoms. The molecule has 1 heterocycles. The van der Waals surface area contributed by atoms with Gasteiger partial charge in [-0.3, -0.25) is 0 Å². The molecule has 0 radical (unpaired) electrons. The molecule has 1 aromatic carbocycles. The number of rotatable bonds is 3. The summed E-state index contributed by atoms with van der Waals surface area (Å²) in [6, 6.07) is 10.9. The van der Waals surface area contributed by atoms with Gasteiger partial charge in [0.2, 0.25) is 0 Å². The van der Waals surface area contributed by atoms with Crippen molar-refractivity contribution in [3.63, 3.8) is 0 Å². The lowest BCUT2D eigenvalue weighted by Crippen LogP contribution is -2.07. The van der Waals surface area contributed by atoms with Gasteiger partial charge in [-0.2, -0.15) is 0 Å². The van der Waals surface area contributed by atoms with Crippen molar-refractivity contribution in [2.24, 2.45) is 0 Å². The van der Waals surface area contributed by atoms with Crippen molar-refractivity contribution in [3.8, 4) is 0 Å². The first kappa shape index (κ1) is 13.4. The Kier molecular flexibility index (Phi) is 4.02. The number of halogens is 1. The molecule has 0 saturated heterocycles. The van der Waals surface area contributed by atoms with Crippen molar-refractivity contribution in [1.82, 2.24) is 4.98 Å². The van der Waals surface area contributed by atoms with Gasteiger partial charge in [-0.1, -0.05) is 23.7 Å². The average molecular weight is 277 g/mol. The van der Waals surface area contributed by atoms with Crippen LogP contribution in [-0.2, 0) is 4.74 Å². The summed E-state index contributed by atoms with van der Waals surface area (Å²) >= 11 is 5.86.